The van der Waals surface area contributed by atoms with Crippen molar-refractivity contribution in [2.75, 3.05) is 19.8 Å². The SMILES string of the molecule is OCC1OC(COCC=Cc2ccc(O)cc2)C(O)C(O)C1O. The van der Waals surface area contributed by atoms with E-state index in [0.29, 0.717) is 0 Å². The van der Waals surface area contributed by atoms with Crippen LogP contribution in [0.4, 0.5) is 0 Å². The van der Waals surface area contributed by atoms with Gasteiger partial charge in [0.1, 0.15) is 36.3 Å². The molecule has 5 atom stereocenters. The van der Waals surface area contributed by atoms with Crippen molar-refractivity contribution in [1.82, 2.24) is 0 Å². The third-order valence-electron chi connectivity index (χ3n) is 3.69. The maximum absolute atomic E-state index is 9.84. The van der Waals surface area contributed by atoms with E-state index in [9.17, 15) is 20.4 Å². The van der Waals surface area contributed by atoms with E-state index in [1.807, 2.05) is 6.08 Å². The van der Waals surface area contributed by atoms with E-state index in [4.69, 9.17) is 14.6 Å². The molecule has 1 heterocycles. The van der Waals surface area contributed by atoms with Gasteiger partial charge in [-0.15, -0.1) is 0 Å². The first-order valence-electron chi connectivity index (χ1n) is 7.36. The van der Waals surface area contributed by atoms with E-state index in [-0.39, 0.29) is 19.0 Å². The summed E-state index contributed by atoms with van der Waals surface area (Å²) in [6.45, 7) is -0.181. The molecule has 7 nitrogen and oxygen atoms in total. The number of aliphatic hydroxyl groups excluding tert-OH is 4. The zero-order valence-electron chi connectivity index (χ0n) is 12.5. The minimum absolute atomic E-state index is 0.0152. The van der Waals surface area contributed by atoms with Crippen LogP contribution in [0.5, 0.6) is 5.75 Å². The lowest BCUT2D eigenvalue weighted by Gasteiger charge is -2.39. The standard InChI is InChI=1S/C16H22O7/c17-8-12-14(19)16(21)15(20)13(23-12)9-22-7-1-2-10-3-5-11(18)6-4-10/h1-6,12-21H,7-9H2. The van der Waals surface area contributed by atoms with Crippen LogP contribution in [0.3, 0.4) is 0 Å². The summed E-state index contributed by atoms with van der Waals surface area (Å²) in [5, 5.41) is 47.4. The lowest BCUT2D eigenvalue weighted by atomic mass is 9.95. The van der Waals surface area contributed by atoms with Gasteiger partial charge in [-0.3, -0.25) is 0 Å². The summed E-state index contributed by atoms with van der Waals surface area (Å²) in [7, 11) is 0. The van der Waals surface area contributed by atoms with Gasteiger partial charge in [-0.05, 0) is 17.7 Å². The van der Waals surface area contributed by atoms with E-state index < -0.39 is 37.1 Å². The molecule has 0 spiro atoms. The van der Waals surface area contributed by atoms with Crippen LogP contribution in [0, 0.1) is 0 Å². The fraction of sp³-hybridized carbons (Fsp3) is 0.500. The van der Waals surface area contributed by atoms with Crippen molar-refractivity contribution >= 4 is 6.08 Å². The molecule has 23 heavy (non-hydrogen) atoms. The normalized spacial score (nSPS) is 31.6. The van der Waals surface area contributed by atoms with E-state index in [2.05, 4.69) is 0 Å². The monoisotopic (exact) mass is 326 g/mol. The molecule has 1 aliphatic heterocycles. The molecule has 5 unspecified atom stereocenters. The molecule has 5 N–H and O–H groups in total. The number of aromatic hydroxyl groups is 1. The first kappa shape index (κ1) is 17.9. The molecule has 0 aliphatic carbocycles. The van der Waals surface area contributed by atoms with Crippen molar-refractivity contribution in [3.63, 3.8) is 0 Å². The van der Waals surface area contributed by atoms with Crippen LogP contribution in [0.25, 0.3) is 6.08 Å². The number of phenols is 1. The van der Waals surface area contributed by atoms with Crippen molar-refractivity contribution in [2.45, 2.75) is 30.5 Å². The Morgan fingerprint density at radius 3 is 2.30 bits per heavy atom. The van der Waals surface area contributed by atoms with Crippen molar-refractivity contribution in [3.05, 3.63) is 35.9 Å². The number of hydrogen-bond acceptors (Lipinski definition) is 7. The lowest BCUT2D eigenvalue weighted by Crippen LogP contribution is -2.59. The van der Waals surface area contributed by atoms with Gasteiger partial charge in [0.2, 0.25) is 0 Å². The minimum Gasteiger partial charge on any atom is -0.508 e. The fourth-order valence-electron chi connectivity index (χ4n) is 2.34. The summed E-state index contributed by atoms with van der Waals surface area (Å²) in [4.78, 5) is 0. The Morgan fingerprint density at radius 1 is 1.00 bits per heavy atom. The number of phenolic OH excluding ortho intramolecular Hbond substituents is 1. The number of hydrogen-bond donors (Lipinski definition) is 5. The molecule has 0 saturated carbocycles. The van der Waals surface area contributed by atoms with Gasteiger partial charge in [-0.2, -0.15) is 0 Å². The molecule has 0 bridgehead atoms. The molecule has 1 saturated heterocycles. The summed E-state index contributed by atoms with van der Waals surface area (Å²) >= 11 is 0. The van der Waals surface area contributed by atoms with Crippen LogP contribution in [-0.2, 0) is 9.47 Å². The molecule has 1 fully saturated rings. The number of rotatable bonds is 6. The van der Waals surface area contributed by atoms with Gasteiger partial charge in [-0.25, -0.2) is 0 Å². The summed E-state index contributed by atoms with van der Waals surface area (Å²) < 4.78 is 10.7. The van der Waals surface area contributed by atoms with Crippen molar-refractivity contribution in [2.24, 2.45) is 0 Å². The summed E-state index contributed by atoms with van der Waals surface area (Å²) in [5.74, 6) is 0.195. The van der Waals surface area contributed by atoms with E-state index in [1.54, 1.807) is 30.3 Å². The fourth-order valence-corrected chi connectivity index (χ4v) is 2.34. The third kappa shape index (κ3) is 4.74. The number of ether oxygens (including phenoxy) is 2. The highest BCUT2D eigenvalue weighted by molar-refractivity contribution is 5.50. The quantitative estimate of drug-likeness (QED) is 0.437. The summed E-state index contributed by atoms with van der Waals surface area (Å²) in [6.07, 6.45) is -2.21. The number of benzene rings is 1. The van der Waals surface area contributed by atoms with Crippen LogP contribution >= 0.6 is 0 Å². The van der Waals surface area contributed by atoms with Gasteiger partial charge in [0.15, 0.2) is 0 Å². The predicted molar refractivity (Wildman–Crippen MR) is 81.7 cm³/mol. The van der Waals surface area contributed by atoms with Gasteiger partial charge in [-0.1, -0.05) is 24.3 Å². The Labute approximate surface area is 134 Å². The second-order valence-corrected chi connectivity index (χ2v) is 5.40. The third-order valence-corrected chi connectivity index (χ3v) is 3.69. The maximum atomic E-state index is 9.84. The largest absolute Gasteiger partial charge is 0.508 e. The molecular weight excluding hydrogens is 304 g/mol. The molecule has 0 aromatic heterocycles. The first-order chi connectivity index (χ1) is 11.0. The van der Waals surface area contributed by atoms with Crippen molar-refractivity contribution < 1.29 is 35.0 Å². The van der Waals surface area contributed by atoms with Gasteiger partial charge in [0.05, 0.1) is 19.8 Å². The lowest BCUT2D eigenvalue weighted by molar-refractivity contribution is -0.238. The van der Waals surface area contributed by atoms with E-state index in [0.717, 1.165) is 5.56 Å². The second-order valence-electron chi connectivity index (χ2n) is 5.40. The Balaban J connectivity index is 1.77. The molecule has 2 rings (SSSR count). The Kier molecular flexibility index (Phi) is 6.52. The van der Waals surface area contributed by atoms with Gasteiger partial charge < -0.3 is 35.0 Å². The Hall–Kier alpha value is -1.48. The topological polar surface area (TPSA) is 120 Å². The molecule has 0 radical (unpaired) electrons. The Bertz CT molecular complexity index is 500. The van der Waals surface area contributed by atoms with Gasteiger partial charge in [0, 0.05) is 0 Å². The van der Waals surface area contributed by atoms with Crippen molar-refractivity contribution in [3.8, 4) is 5.75 Å². The Morgan fingerprint density at radius 2 is 1.65 bits per heavy atom. The molecule has 128 valence electrons. The highest BCUT2D eigenvalue weighted by Gasteiger charge is 2.43. The summed E-state index contributed by atoms with van der Waals surface area (Å²) in [5.41, 5.74) is 0.902. The molecule has 7 heteroatoms. The van der Waals surface area contributed by atoms with Crippen LogP contribution in [0.1, 0.15) is 5.56 Å². The zero-order valence-corrected chi connectivity index (χ0v) is 12.5. The maximum Gasteiger partial charge on any atom is 0.115 e. The molecule has 1 aliphatic rings. The zero-order chi connectivity index (χ0) is 16.8. The molecule has 0 amide bonds. The molecule has 1 aromatic rings. The first-order valence-corrected chi connectivity index (χ1v) is 7.36. The van der Waals surface area contributed by atoms with Crippen LogP contribution < -0.4 is 0 Å². The van der Waals surface area contributed by atoms with Gasteiger partial charge in [0.25, 0.3) is 0 Å². The molecular formula is C16H22O7. The van der Waals surface area contributed by atoms with Crippen LogP contribution in [0.15, 0.2) is 30.3 Å². The van der Waals surface area contributed by atoms with Gasteiger partial charge >= 0.3 is 0 Å². The summed E-state index contributed by atoms with van der Waals surface area (Å²) in [6, 6.07) is 6.66. The molecule has 1 aromatic carbocycles. The van der Waals surface area contributed by atoms with Crippen LogP contribution in [0.2, 0.25) is 0 Å². The van der Waals surface area contributed by atoms with Crippen LogP contribution in [-0.4, -0.2) is 75.9 Å². The number of aliphatic hydroxyl groups is 4. The second kappa shape index (κ2) is 8.39. The minimum atomic E-state index is -1.39. The van der Waals surface area contributed by atoms with Crippen molar-refractivity contribution in [1.29, 1.82) is 0 Å². The smallest absolute Gasteiger partial charge is 0.115 e. The predicted octanol–water partition coefficient (Wildman–Crippen LogP) is -0.736. The average Bonchev–Trinajstić information content (AvgIpc) is 2.56. The average molecular weight is 326 g/mol. The highest BCUT2D eigenvalue weighted by atomic mass is 16.6. The van der Waals surface area contributed by atoms with E-state index in [1.165, 1.54) is 0 Å². The highest BCUT2D eigenvalue weighted by Crippen LogP contribution is 2.21. The van der Waals surface area contributed by atoms with E-state index >= 15 is 0 Å².